The predicted molar refractivity (Wildman–Crippen MR) is 134 cm³/mol. The second-order valence-corrected chi connectivity index (χ2v) is 9.48. The van der Waals surface area contributed by atoms with Crippen LogP contribution in [0.1, 0.15) is 63.4 Å². The van der Waals surface area contributed by atoms with E-state index in [0.717, 1.165) is 50.0 Å². The number of nitrogens with one attached hydrogen (secondary N) is 1. The molecular weight excluding hydrogens is 422 g/mol. The second-order valence-electron chi connectivity index (χ2n) is 9.48. The largest absolute Gasteiger partial charge is 0.322 e. The van der Waals surface area contributed by atoms with Crippen LogP contribution in [0.15, 0.2) is 73.1 Å². The lowest BCUT2D eigenvalue weighted by atomic mass is 9.80. The standard InChI is InChI=1S/C29H31N3O2/c33-28-23(14-19-32-17-12-22(13-18-32)21-4-2-1-3-5-21)6-7-24-20-25(8-9-27(24)28)29(34)31-26-10-15-30-16-11-26/h1-5,8-11,15-16,20,22-23H,6-7,12-14,17-19H2,(H,30,31,34). The molecule has 1 amide bonds. The first kappa shape index (κ1) is 22.5. The number of fused-ring (bicyclic) bond motifs is 1. The van der Waals surface area contributed by atoms with Crippen LogP contribution in [-0.4, -0.2) is 41.2 Å². The summed E-state index contributed by atoms with van der Waals surface area (Å²) in [5.41, 5.74) is 4.53. The third-order valence-electron chi connectivity index (χ3n) is 7.36. The Morgan fingerprint density at radius 1 is 0.971 bits per heavy atom. The van der Waals surface area contributed by atoms with E-state index in [4.69, 9.17) is 0 Å². The minimum atomic E-state index is -0.164. The zero-order valence-electron chi connectivity index (χ0n) is 19.5. The van der Waals surface area contributed by atoms with Gasteiger partial charge in [0.2, 0.25) is 0 Å². The summed E-state index contributed by atoms with van der Waals surface area (Å²) < 4.78 is 0. The van der Waals surface area contributed by atoms with Crippen LogP contribution < -0.4 is 5.32 Å². The Labute approximate surface area is 201 Å². The molecular formula is C29H31N3O2. The summed E-state index contributed by atoms with van der Waals surface area (Å²) in [7, 11) is 0. The molecule has 174 valence electrons. The van der Waals surface area contributed by atoms with Crippen molar-refractivity contribution in [2.24, 2.45) is 5.92 Å². The molecule has 2 heterocycles. The van der Waals surface area contributed by atoms with Gasteiger partial charge >= 0.3 is 0 Å². The molecule has 0 bridgehead atoms. The lowest BCUT2D eigenvalue weighted by Gasteiger charge is -2.33. The van der Waals surface area contributed by atoms with Gasteiger partial charge in [-0.25, -0.2) is 0 Å². The van der Waals surface area contributed by atoms with Crippen LogP contribution >= 0.6 is 0 Å². The summed E-state index contributed by atoms with van der Waals surface area (Å²) in [6, 6.07) is 19.8. The molecule has 0 saturated carbocycles. The van der Waals surface area contributed by atoms with Crippen molar-refractivity contribution >= 4 is 17.4 Å². The number of nitrogens with zero attached hydrogens (tertiary/aromatic N) is 2. The number of aromatic nitrogens is 1. The quantitative estimate of drug-likeness (QED) is 0.547. The lowest BCUT2D eigenvalue weighted by Crippen LogP contribution is -2.35. The number of likely N-dealkylation sites (tertiary alicyclic amines) is 1. The maximum Gasteiger partial charge on any atom is 0.255 e. The molecule has 5 nitrogen and oxygen atoms in total. The van der Waals surface area contributed by atoms with E-state index in [1.807, 2.05) is 12.1 Å². The smallest absolute Gasteiger partial charge is 0.255 e. The van der Waals surface area contributed by atoms with Crippen molar-refractivity contribution in [3.63, 3.8) is 0 Å². The number of aryl methyl sites for hydroxylation is 1. The Morgan fingerprint density at radius 3 is 2.50 bits per heavy atom. The zero-order valence-corrected chi connectivity index (χ0v) is 19.5. The van der Waals surface area contributed by atoms with Crippen molar-refractivity contribution in [3.8, 4) is 0 Å². The van der Waals surface area contributed by atoms with Crippen LogP contribution in [-0.2, 0) is 6.42 Å². The van der Waals surface area contributed by atoms with Crippen molar-refractivity contribution in [1.82, 2.24) is 9.88 Å². The first-order valence-electron chi connectivity index (χ1n) is 12.3. The topological polar surface area (TPSA) is 62.3 Å². The summed E-state index contributed by atoms with van der Waals surface area (Å²) in [4.78, 5) is 32.3. The van der Waals surface area contributed by atoms with Gasteiger partial charge in [0.1, 0.15) is 0 Å². The van der Waals surface area contributed by atoms with E-state index < -0.39 is 0 Å². The van der Waals surface area contributed by atoms with Gasteiger partial charge in [0.05, 0.1) is 0 Å². The van der Waals surface area contributed by atoms with Gasteiger partial charge in [-0.2, -0.15) is 0 Å². The van der Waals surface area contributed by atoms with Gasteiger partial charge in [0, 0.05) is 35.1 Å². The second kappa shape index (κ2) is 10.3. The predicted octanol–water partition coefficient (Wildman–Crippen LogP) is 5.35. The highest BCUT2D eigenvalue weighted by Gasteiger charge is 2.29. The molecule has 1 atom stereocenters. The molecule has 1 fully saturated rings. The van der Waals surface area contributed by atoms with Crippen LogP contribution in [0.4, 0.5) is 5.69 Å². The molecule has 0 radical (unpaired) electrons. The number of hydrogen-bond acceptors (Lipinski definition) is 4. The van der Waals surface area contributed by atoms with E-state index in [1.54, 1.807) is 30.6 Å². The average Bonchev–Trinajstić information content (AvgIpc) is 2.89. The maximum absolute atomic E-state index is 13.2. The highest BCUT2D eigenvalue weighted by Crippen LogP contribution is 2.31. The minimum absolute atomic E-state index is 0.0795. The van der Waals surface area contributed by atoms with E-state index in [9.17, 15) is 9.59 Å². The van der Waals surface area contributed by atoms with Crippen molar-refractivity contribution in [3.05, 3.63) is 95.3 Å². The Bertz CT molecular complexity index is 1140. The fourth-order valence-corrected chi connectivity index (χ4v) is 5.33. The van der Waals surface area contributed by atoms with Gasteiger partial charge in [-0.1, -0.05) is 36.4 Å². The number of ketones is 1. The molecule has 3 aromatic rings. The summed E-state index contributed by atoms with van der Waals surface area (Å²) in [6.07, 6.45) is 8.30. The van der Waals surface area contributed by atoms with Crippen molar-refractivity contribution in [1.29, 1.82) is 0 Å². The van der Waals surface area contributed by atoms with Gasteiger partial charge in [-0.15, -0.1) is 0 Å². The summed E-state index contributed by atoms with van der Waals surface area (Å²) in [5, 5.41) is 2.89. The van der Waals surface area contributed by atoms with Gasteiger partial charge < -0.3 is 10.2 Å². The van der Waals surface area contributed by atoms with E-state index in [1.165, 1.54) is 18.4 Å². The summed E-state index contributed by atoms with van der Waals surface area (Å²) in [5.74, 6) is 0.811. The van der Waals surface area contributed by atoms with E-state index in [-0.39, 0.29) is 17.6 Å². The third-order valence-corrected chi connectivity index (χ3v) is 7.36. The van der Waals surface area contributed by atoms with Crippen LogP contribution in [0.25, 0.3) is 0 Å². The molecule has 5 heteroatoms. The molecule has 1 N–H and O–H groups in total. The average molecular weight is 454 g/mol. The minimum Gasteiger partial charge on any atom is -0.322 e. The SMILES string of the molecule is O=C(Nc1ccncc1)c1ccc2c(c1)CCC(CCN1CCC(c3ccccc3)CC1)C2=O. The highest BCUT2D eigenvalue weighted by atomic mass is 16.1. The Morgan fingerprint density at radius 2 is 1.74 bits per heavy atom. The highest BCUT2D eigenvalue weighted by molar-refractivity contribution is 6.06. The molecule has 34 heavy (non-hydrogen) atoms. The van der Waals surface area contributed by atoms with E-state index in [0.29, 0.717) is 17.2 Å². The van der Waals surface area contributed by atoms with Crippen molar-refractivity contribution < 1.29 is 9.59 Å². The number of Topliss-reactive ketones (excluding diaryl/α,β-unsaturated/α-hetero) is 1. The van der Waals surface area contributed by atoms with Crippen LogP contribution in [0.2, 0.25) is 0 Å². The van der Waals surface area contributed by atoms with Gasteiger partial charge in [0.25, 0.3) is 5.91 Å². The molecule has 1 aliphatic heterocycles. The summed E-state index contributed by atoms with van der Waals surface area (Å²) >= 11 is 0. The molecule has 1 unspecified atom stereocenters. The number of piperidine rings is 1. The molecule has 5 rings (SSSR count). The number of anilines is 1. The Kier molecular flexibility index (Phi) is 6.82. The molecule has 1 aromatic heterocycles. The Balaban J connectivity index is 1.14. The number of carbonyl (C=O) groups excluding carboxylic acids is 2. The number of pyridine rings is 1. The fourth-order valence-electron chi connectivity index (χ4n) is 5.33. The van der Waals surface area contributed by atoms with Gasteiger partial charge in [-0.3, -0.25) is 14.6 Å². The molecule has 2 aliphatic rings. The number of hydrogen-bond donors (Lipinski definition) is 1. The number of benzene rings is 2. The fraction of sp³-hybridized carbons (Fsp3) is 0.345. The lowest BCUT2D eigenvalue weighted by molar-refractivity contribution is 0.0876. The van der Waals surface area contributed by atoms with Crippen molar-refractivity contribution in [2.45, 2.75) is 38.0 Å². The monoisotopic (exact) mass is 453 g/mol. The maximum atomic E-state index is 13.2. The van der Waals surface area contributed by atoms with Gasteiger partial charge in [-0.05, 0) is 93.0 Å². The van der Waals surface area contributed by atoms with E-state index in [2.05, 4.69) is 45.5 Å². The van der Waals surface area contributed by atoms with Crippen LogP contribution in [0.3, 0.4) is 0 Å². The van der Waals surface area contributed by atoms with Crippen LogP contribution in [0.5, 0.6) is 0 Å². The van der Waals surface area contributed by atoms with Crippen LogP contribution in [0, 0.1) is 5.92 Å². The first-order chi connectivity index (χ1) is 16.7. The Hall–Kier alpha value is -3.31. The number of rotatable bonds is 6. The van der Waals surface area contributed by atoms with Gasteiger partial charge in [0.15, 0.2) is 5.78 Å². The molecule has 1 aliphatic carbocycles. The number of amides is 1. The molecule has 2 aromatic carbocycles. The number of carbonyl (C=O) groups is 2. The summed E-state index contributed by atoms with van der Waals surface area (Å²) in [6.45, 7) is 3.19. The molecule has 0 spiro atoms. The van der Waals surface area contributed by atoms with E-state index >= 15 is 0 Å². The first-order valence-corrected chi connectivity index (χ1v) is 12.3. The third kappa shape index (κ3) is 5.10. The van der Waals surface area contributed by atoms with Crippen molar-refractivity contribution in [2.75, 3.05) is 25.0 Å². The molecule has 1 saturated heterocycles. The zero-order chi connectivity index (χ0) is 23.3. The normalized spacial score (nSPS) is 18.9.